The number of ether oxygens (including phenoxy) is 1. The number of sulfone groups is 1. The van der Waals surface area contributed by atoms with Gasteiger partial charge in [0.25, 0.3) is 11.8 Å². The number of rotatable bonds is 6. The molecular weight excluding hydrogens is 468 g/mol. The molecule has 0 bridgehead atoms. The zero-order valence-corrected chi connectivity index (χ0v) is 19.9. The van der Waals surface area contributed by atoms with Crippen molar-refractivity contribution in [3.63, 3.8) is 0 Å². The Morgan fingerprint density at radius 1 is 1.11 bits per heavy atom. The van der Waals surface area contributed by atoms with Gasteiger partial charge in [0.2, 0.25) is 0 Å². The van der Waals surface area contributed by atoms with Gasteiger partial charge in [0.15, 0.2) is 9.84 Å². The highest BCUT2D eigenvalue weighted by atomic mass is 32.2. The van der Waals surface area contributed by atoms with Crippen molar-refractivity contribution >= 4 is 15.7 Å². The van der Waals surface area contributed by atoms with Crippen molar-refractivity contribution in [3.8, 4) is 11.9 Å². The number of aromatic nitrogens is 2. The van der Waals surface area contributed by atoms with Crippen molar-refractivity contribution in [2.24, 2.45) is 0 Å². The molecule has 0 atom stereocenters. The molecule has 0 radical (unpaired) electrons. The number of hydrogen-bond donors (Lipinski definition) is 0. The van der Waals surface area contributed by atoms with Crippen LogP contribution in [-0.2, 0) is 16.4 Å². The van der Waals surface area contributed by atoms with E-state index in [4.69, 9.17) is 10.00 Å². The molecule has 35 heavy (non-hydrogen) atoms. The molecule has 1 amide bonds. The summed E-state index contributed by atoms with van der Waals surface area (Å²) in [5.41, 5.74) is 1.42. The minimum absolute atomic E-state index is 0.00266. The standard InChI is InChI=1S/C25H24N4O5S/c1-35(32,33)22-8-4-19(5-9-22)17-29-15-12-27-23(25(29)31)34-21-10-13-28(14-11-21)24(30)20-6-2-18(16-26)3-7-20/h2-9,12,15,21H,10-11,13-14,17H2,1H3. The molecule has 9 nitrogen and oxygen atoms in total. The first-order valence-corrected chi connectivity index (χ1v) is 12.9. The van der Waals surface area contributed by atoms with Crippen molar-refractivity contribution in [2.75, 3.05) is 19.3 Å². The molecule has 1 aliphatic heterocycles. The van der Waals surface area contributed by atoms with E-state index in [0.29, 0.717) is 37.1 Å². The van der Waals surface area contributed by atoms with E-state index < -0.39 is 9.84 Å². The van der Waals surface area contributed by atoms with Gasteiger partial charge in [-0.25, -0.2) is 13.4 Å². The Bertz CT molecular complexity index is 1420. The minimum atomic E-state index is -3.29. The Morgan fingerprint density at radius 3 is 2.37 bits per heavy atom. The summed E-state index contributed by atoms with van der Waals surface area (Å²) in [5.74, 6) is -0.104. The molecule has 2 aromatic carbocycles. The van der Waals surface area contributed by atoms with E-state index >= 15 is 0 Å². The molecule has 3 aromatic rings. The van der Waals surface area contributed by atoms with Gasteiger partial charge >= 0.3 is 5.56 Å². The molecule has 1 saturated heterocycles. The summed E-state index contributed by atoms with van der Waals surface area (Å²) in [6, 6.07) is 14.9. The van der Waals surface area contributed by atoms with Gasteiger partial charge in [-0.2, -0.15) is 5.26 Å². The van der Waals surface area contributed by atoms with E-state index in [9.17, 15) is 18.0 Å². The molecule has 180 valence electrons. The molecule has 0 N–H and O–H groups in total. The molecule has 10 heteroatoms. The van der Waals surface area contributed by atoms with Gasteiger partial charge in [0.05, 0.1) is 23.1 Å². The summed E-state index contributed by atoms with van der Waals surface area (Å²) >= 11 is 0. The summed E-state index contributed by atoms with van der Waals surface area (Å²) in [6.07, 6.45) is 5.07. The zero-order chi connectivity index (χ0) is 25.0. The van der Waals surface area contributed by atoms with Crippen LogP contribution in [0.1, 0.15) is 34.3 Å². The molecule has 1 aliphatic rings. The number of piperidine rings is 1. The van der Waals surface area contributed by atoms with Crippen LogP contribution in [0, 0.1) is 11.3 Å². The Morgan fingerprint density at radius 2 is 1.77 bits per heavy atom. The lowest BCUT2D eigenvalue weighted by Gasteiger charge is -2.31. The van der Waals surface area contributed by atoms with Crippen LogP contribution < -0.4 is 10.3 Å². The molecule has 4 rings (SSSR count). The lowest BCUT2D eigenvalue weighted by Crippen LogP contribution is -2.42. The molecule has 1 aromatic heterocycles. The molecule has 0 spiro atoms. The third-order valence-electron chi connectivity index (χ3n) is 5.86. The van der Waals surface area contributed by atoms with Crippen molar-refractivity contribution in [2.45, 2.75) is 30.4 Å². The normalized spacial score (nSPS) is 14.3. The Labute approximate surface area is 203 Å². The fourth-order valence-electron chi connectivity index (χ4n) is 3.88. The predicted octanol–water partition coefficient (Wildman–Crippen LogP) is 2.25. The fourth-order valence-corrected chi connectivity index (χ4v) is 4.51. The maximum absolute atomic E-state index is 12.9. The second-order valence-corrected chi connectivity index (χ2v) is 10.4. The van der Waals surface area contributed by atoms with Gasteiger partial charge in [-0.15, -0.1) is 0 Å². The highest BCUT2D eigenvalue weighted by Crippen LogP contribution is 2.18. The van der Waals surface area contributed by atoms with Crippen LogP contribution in [0.25, 0.3) is 0 Å². The second-order valence-electron chi connectivity index (χ2n) is 8.38. The maximum atomic E-state index is 12.9. The summed E-state index contributed by atoms with van der Waals surface area (Å²) in [4.78, 5) is 31.6. The largest absolute Gasteiger partial charge is 0.470 e. The van der Waals surface area contributed by atoms with E-state index in [2.05, 4.69) is 4.98 Å². The van der Waals surface area contributed by atoms with Crippen molar-refractivity contribution in [1.82, 2.24) is 14.5 Å². The summed E-state index contributed by atoms with van der Waals surface area (Å²) < 4.78 is 30.6. The monoisotopic (exact) mass is 492 g/mol. The van der Waals surface area contributed by atoms with Crippen LogP contribution in [0.2, 0.25) is 0 Å². The highest BCUT2D eigenvalue weighted by Gasteiger charge is 2.26. The fraction of sp³-hybridized carbons (Fsp3) is 0.280. The number of carbonyl (C=O) groups excluding carboxylic acids is 1. The lowest BCUT2D eigenvalue weighted by molar-refractivity contribution is 0.0583. The minimum Gasteiger partial charge on any atom is -0.470 e. The van der Waals surface area contributed by atoms with Crippen LogP contribution in [0.15, 0.2) is 70.6 Å². The van der Waals surface area contributed by atoms with Gasteiger partial charge in [0, 0.05) is 50.1 Å². The van der Waals surface area contributed by atoms with Crippen LogP contribution in [0.4, 0.5) is 0 Å². The number of benzene rings is 2. The van der Waals surface area contributed by atoms with E-state index in [1.165, 1.54) is 22.9 Å². The molecular formula is C25H24N4O5S. The SMILES string of the molecule is CS(=O)(=O)c1ccc(Cn2ccnc(OC3CCN(C(=O)c4ccc(C#N)cc4)CC3)c2=O)cc1. The van der Waals surface area contributed by atoms with Crippen LogP contribution in [0.3, 0.4) is 0 Å². The summed E-state index contributed by atoms with van der Waals surface area (Å²) in [5, 5.41) is 8.90. The Balaban J connectivity index is 1.37. The van der Waals surface area contributed by atoms with E-state index in [1.807, 2.05) is 6.07 Å². The number of hydrogen-bond acceptors (Lipinski definition) is 7. The smallest absolute Gasteiger partial charge is 0.313 e. The van der Waals surface area contributed by atoms with Gasteiger partial charge < -0.3 is 14.2 Å². The van der Waals surface area contributed by atoms with Crippen LogP contribution >= 0.6 is 0 Å². The topological polar surface area (TPSA) is 122 Å². The highest BCUT2D eigenvalue weighted by molar-refractivity contribution is 7.90. The van der Waals surface area contributed by atoms with Crippen molar-refractivity contribution in [3.05, 3.63) is 88.0 Å². The number of carbonyl (C=O) groups is 1. The van der Waals surface area contributed by atoms with Crippen LogP contribution in [-0.4, -0.2) is 54.2 Å². The first kappa shape index (κ1) is 24.2. The van der Waals surface area contributed by atoms with Gasteiger partial charge in [0.1, 0.15) is 6.10 Å². The summed E-state index contributed by atoms with van der Waals surface area (Å²) in [6.45, 7) is 1.22. The van der Waals surface area contributed by atoms with E-state index in [1.54, 1.807) is 47.5 Å². The number of likely N-dealkylation sites (tertiary alicyclic amines) is 1. The number of nitrogens with zero attached hydrogens (tertiary/aromatic N) is 4. The molecule has 2 heterocycles. The van der Waals surface area contributed by atoms with Gasteiger partial charge in [-0.1, -0.05) is 12.1 Å². The number of nitriles is 1. The molecule has 0 aliphatic carbocycles. The Kier molecular flexibility index (Phi) is 6.98. The second kappa shape index (κ2) is 10.1. The average Bonchev–Trinajstić information content (AvgIpc) is 2.86. The Hall–Kier alpha value is -3.97. The molecule has 1 fully saturated rings. The quantitative estimate of drug-likeness (QED) is 0.517. The van der Waals surface area contributed by atoms with E-state index in [-0.39, 0.29) is 34.9 Å². The predicted molar refractivity (Wildman–Crippen MR) is 128 cm³/mol. The first-order chi connectivity index (χ1) is 16.7. The third kappa shape index (κ3) is 5.75. The third-order valence-corrected chi connectivity index (χ3v) is 6.98. The van der Waals surface area contributed by atoms with Crippen LogP contribution in [0.5, 0.6) is 5.88 Å². The summed E-state index contributed by atoms with van der Waals surface area (Å²) in [7, 11) is -3.29. The molecule has 0 saturated carbocycles. The van der Waals surface area contributed by atoms with E-state index in [0.717, 1.165) is 11.8 Å². The zero-order valence-electron chi connectivity index (χ0n) is 19.1. The lowest BCUT2D eigenvalue weighted by atomic mass is 10.1. The van der Waals surface area contributed by atoms with Gasteiger partial charge in [-0.3, -0.25) is 9.59 Å². The molecule has 0 unspecified atom stereocenters. The maximum Gasteiger partial charge on any atom is 0.313 e. The van der Waals surface area contributed by atoms with Crippen molar-refractivity contribution in [1.29, 1.82) is 5.26 Å². The van der Waals surface area contributed by atoms with Crippen molar-refractivity contribution < 1.29 is 17.9 Å². The first-order valence-electron chi connectivity index (χ1n) is 11.0. The number of amides is 1. The average molecular weight is 493 g/mol. The van der Waals surface area contributed by atoms with Gasteiger partial charge in [-0.05, 0) is 42.0 Å².